The molecule has 0 aliphatic heterocycles. The van der Waals surface area contributed by atoms with Gasteiger partial charge in [-0.1, -0.05) is 269 Å². The molecule has 0 atom stereocenters. The maximum Gasteiger partial charge on any atom is -0.0411 e. The fourth-order valence-corrected chi connectivity index (χ4v) is 1.93. The van der Waals surface area contributed by atoms with E-state index in [-0.39, 0.29) is 7.43 Å². The third-order valence-corrected chi connectivity index (χ3v) is 4.60. The zero-order chi connectivity index (χ0) is 36.5. The molecule has 284 valence electrons. The average molecular weight is 637 g/mol. The summed E-state index contributed by atoms with van der Waals surface area (Å²) in [6.45, 7) is 50.2. The van der Waals surface area contributed by atoms with Crippen LogP contribution in [0.15, 0.2) is 0 Å². The molecule has 0 rings (SSSR count). The Morgan fingerprint density at radius 2 is 0.568 bits per heavy atom. The predicted octanol–water partition coefficient (Wildman–Crippen LogP) is 19.0. The van der Waals surface area contributed by atoms with E-state index in [9.17, 15) is 0 Å². The van der Waals surface area contributed by atoms with E-state index in [4.69, 9.17) is 0 Å². The second-order valence-corrected chi connectivity index (χ2v) is 14.5. The van der Waals surface area contributed by atoms with Crippen molar-refractivity contribution in [1.29, 1.82) is 0 Å². The molecule has 0 aliphatic carbocycles. The van der Waals surface area contributed by atoms with Gasteiger partial charge in [-0.05, 0) is 23.2 Å². The van der Waals surface area contributed by atoms with Gasteiger partial charge in [0.1, 0.15) is 0 Å². The first-order valence-corrected chi connectivity index (χ1v) is 19.9. The van der Waals surface area contributed by atoms with E-state index in [0.717, 1.165) is 17.8 Å². The van der Waals surface area contributed by atoms with Gasteiger partial charge in [0.2, 0.25) is 0 Å². The number of rotatable bonds is 12. The van der Waals surface area contributed by atoms with Crippen molar-refractivity contribution in [2.75, 3.05) is 0 Å². The Morgan fingerprint density at radius 3 is 0.636 bits per heavy atom. The molecule has 0 heterocycles. The summed E-state index contributed by atoms with van der Waals surface area (Å²) in [4.78, 5) is 0. The lowest BCUT2D eigenvalue weighted by Crippen LogP contribution is -1.93. The highest BCUT2D eigenvalue weighted by Gasteiger charge is 1.95. The molecule has 44 heavy (non-hydrogen) atoms. The summed E-state index contributed by atoms with van der Waals surface area (Å²) >= 11 is 0. The molecule has 0 saturated heterocycles. The van der Waals surface area contributed by atoms with Crippen LogP contribution in [0.4, 0.5) is 0 Å². The molecular formula is C44H108. The highest BCUT2D eigenvalue weighted by molar-refractivity contribution is 4.47. The summed E-state index contributed by atoms with van der Waals surface area (Å²) in [5.74, 6) is 2.62. The zero-order valence-electron chi connectivity index (χ0n) is 36.5. The Morgan fingerprint density at radius 1 is 0.386 bits per heavy atom. The topological polar surface area (TPSA) is 0 Å². The quantitative estimate of drug-likeness (QED) is 0.187. The number of hydrogen-bond donors (Lipinski definition) is 0. The minimum atomic E-state index is 0. The zero-order valence-corrected chi connectivity index (χ0v) is 36.5. The summed E-state index contributed by atoms with van der Waals surface area (Å²) in [5.41, 5.74) is 0.500. The van der Waals surface area contributed by atoms with Crippen LogP contribution in [0.3, 0.4) is 0 Å². The molecule has 0 unspecified atom stereocenters. The molecule has 0 aliphatic rings. The van der Waals surface area contributed by atoms with Gasteiger partial charge in [0.25, 0.3) is 0 Å². The molecule has 0 fully saturated rings. The van der Waals surface area contributed by atoms with Gasteiger partial charge >= 0.3 is 0 Å². The lowest BCUT2D eigenvalue weighted by molar-refractivity contribution is 0.469. The monoisotopic (exact) mass is 637 g/mol. The molecule has 0 bridgehead atoms. The first kappa shape index (κ1) is 70.4. The molecule has 0 aromatic rings. The molecule has 0 spiro atoms. The summed E-state index contributed by atoms with van der Waals surface area (Å²) in [6, 6.07) is 0. The second kappa shape index (κ2) is 78.9. The van der Waals surface area contributed by atoms with Crippen LogP contribution in [0.25, 0.3) is 0 Å². The van der Waals surface area contributed by atoms with Crippen molar-refractivity contribution >= 4 is 0 Å². The van der Waals surface area contributed by atoms with Gasteiger partial charge in [0, 0.05) is 0 Å². The summed E-state index contributed by atoms with van der Waals surface area (Å²) in [6.07, 6.45) is 21.9. The van der Waals surface area contributed by atoms with E-state index in [2.05, 4.69) is 145 Å². The molecule has 0 aromatic heterocycles. The fraction of sp³-hybridized carbons (Fsp3) is 1.00. The number of hydrogen-bond acceptors (Lipinski definition) is 0. The Bertz CT molecular complexity index is 271. The average Bonchev–Trinajstić information content (AvgIpc) is 2.91. The van der Waals surface area contributed by atoms with E-state index >= 15 is 0 Å². The predicted molar refractivity (Wildman–Crippen MR) is 224 cm³/mol. The van der Waals surface area contributed by atoms with Crippen molar-refractivity contribution in [1.82, 2.24) is 0 Å². The van der Waals surface area contributed by atoms with E-state index in [1.54, 1.807) is 0 Å². The normalized spacial score (nSPS) is 8.86. The van der Waals surface area contributed by atoms with Crippen molar-refractivity contribution in [3.8, 4) is 0 Å². The lowest BCUT2D eigenvalue weighted by Gasteiger charge is -2.05. The molecule has 0 radical (unpaired) electrons. The van der Waals surface area contributed by atoms with Crippen molar-refractivity contribution in [3.63, 3.8) is 0 Å². The summed E-state index contributed by atoms with van der Waals surface area (Å²) in [5, 5.41) is 0. The van der Waals surface area contributed by atoms with Crippen LogP contribution >= 0.6 is 0 Å². The SMILES string of the molecule is C.CC.CC(C)(C)C.CC(C)C.CCC.CCC(C)C.CCCC.CCCC(C)C.CCCCCC.CCCCCCCC. The molecule has 0 heteroatoms. The third-order valence-electron chi connectivity index (χ3n) is 4.60. The Balaban J connectivity index is -0.0000000376. The van der Waals surface area contributed by atoms with E-state index in [0.29, 0.717) is 5.41 Å². The Hall–Kier alpha value is 0. The van der Waals surface area contributed by atoms with Crippen LogP contribution in [0.2, 0.25) is 0 Å². The van der Waals surface area contributed by atoms with Gasteiger partial charge in [0.15, 0.2) is 0 Å². The van der Waals surface area contributed by atoms with Crippen LogP contribution in [-0.4, -0.2) is 0 Å². The van der Waals surface area contributed by atoms with Gasteiger partial charge in [-0.25, -0.2) is 0 Å². The van der Waals surface area contributed by atoms with E-state index in [1.807, 2.05) is 13.8 Å². The van der Waals surface area contributed by atoms with E-state index in [1.165, 1.54) is 103 Å². The lowest BCUT2D eigenvalue weighted by atomic mass is 10.0. The summed E-state index contributed by atoms with van der Waals surface area (Å²) in [7, 11) is 0. The second-order valence-electron chi connectivity index (χ2n) is 14.5. The minimum absolute atomic E-state index is 0. The fourth-order valence-electron chi connectivity index (χ4n) is 1.93. The maximum atomic E-state index is 2.26. The first-order valence-electron chi connectivity index (χ1n) is 19.9. The smallest absolute Gasteiger partial charge is 0.0411 e. The number of unbranched alkanes of at least 4 members (excludes halogenated alkanes) is 9. The Labute approximate surface area is 291 Å². The van der Waals surface area contributed by atoms with Crippen LogP contribution in [0.5, 0.6) is 0 Å². The van der Waals surface area contributed by atoms with Crippen LogP contribution in [0.1, 0.15) is 269 Å². The van der Waals surface area contributed by atoms with Gasteiger partial charge < -0.3 is 0 Å². The largest absolute Gasteiger partial charge is 0.0776 e. The van der Waals surface area contributed by atoms with Crippen molar-refractivity contribution in [2.45, 2.75) is 269 Å². The third kappa shape index (κ3) is 360. The van der Waals surface area contributed by atoms with Crippen LogP contribution in [0, 0.1) is 23.2 Å². The molecular weight excluding hydrogens is 528 g/mol. The molecule has 0 N–H and O–H groups in total. The molecule has 0 aromatic carbocycles. The Kier molecular flexibility index (Phi) is 126. The van der Waals surface area contributed by atoms with Crippen molar-refractivity contribution in [2.24, 2.45) is 23.2 Å². The van der Waals surface area contributed by atoms with Gasteiger partial charge in [-0.3, -0.25) is 0 Å². The van der Waals surface area contributed by atoms with Crippen molar-refractivity contribution < 1.29 is 0 Å². The maximum absolute atomic E-state index is 2.26. The molecule has 0 saturated carbocycles. The minimum Gasteiger partial charge on any atom is -0.0776 e. The van der Waals surface area contributed by atoms with E-state index < -0.39 is 0 Å². The van der Waals surface area contributed by atoms with Crippen LogP contribution < -0.4 is 0 Å². The first-order chi connectivity index (χ1) is 19.9. The highest BCUT2D eigenvalue weighted by Crippen LogP contribution is 2.08. The molecule has 0 amide bonds. The van der Waals surface area contributed by atoms with Crippen molar-refractivity contribution in [3.05, 3.63) is 0 Å². The van der Waals surface area contributed by atoms with Gasteiger partial charge in [-0.2, -0.15) is 0 Å². The molecule has 0 nitrogen and oxygen atoms in total. The van der Waals surface area contributed by atoms with Crippen LogP contribution in [-0.2, 0) is 0 Å². The van der Waals surface area contributed by atoms with Gasteiger partial charge in [-0.15, -0.1) is 0 Å². The van der Waals surface area contributed by atoms with Gasteiger partial charge in [0.05, 0.1) is 0 Å². The highest BCUT2D eigenvalue weighted by atomic mass is 14.0. The summed E-state index contributed by atoms with van der Waals surface area (Å²) < 4.78 is 0. The standard InChI is InChI=1S/C8H18.2C6H14.2C5H12.2C4H10.C3H8.C2H6.CH4/c1-3-5-7-8-6-4-2;1-4-5-6(2)3;1-3-5-6-4-2;1-5(2,3)4;1-4-5(2)3;1-4(2)3;1-3-4-2;1-3-2;1-2;/h3-8H2,1-2H3;6H,4-5H2,1-3H3;3-6H2,1-2H3;1-4H3;5H,4H2,1-3H3;4H,1-3H3;3-4H2,1-2H3;3H2,1-2H3;1-2H3;1H4.